The smallest absolute Gasteiger partial charge is 0.0402 e. The monoisotopic (exact) mass is 180 g/mol. The van der Waals surface area contributed by atoms with Crippen molar-refractivity contribution in [3.63, 3.8) is 0 Å². The minimum Gasteiger partial charge on any atom is -0.397 e. The first kappa shape index (κ1) is 12.2. The highest BCUT2D eigenvalue weighted by molar-refractivity contribution is 5.14. The predicted molar refractivity (Wildman–Crippen MR) is 57.7 cm³/mol. The lowest BCUT2D eigenvalue weighted by Crippen LogP contribution is -1.92. The maximum atomic E-state index is 7.57. The molecule has 1 nitrogen and oxygen atoms in total. The Morgan fingerprint density at radius 3 is 2.00 bits per heavy atom. The molecule has 0 aliphatic carbocycles. The molecule has 1 heteroatoms. The summed E-state index contributed by atoms with van der Waals surface area (Å²) in [5, 5.41) is 7.57. The maximum Gasteiger partial charge on any atom is 0.0402 e. The van der Waals surface area contributed by atoms with Crippen molar-refractivity contribution in [2.45, 2.75) is 27.2 Å². The van der Waals surface area contributed by atoms with Crippen LogP contribution in [0.4, 0.5) is 0 Å². The quantitative estimate of drug-likeness (QED) is 0.742. The third kappa shape index (κ3) is 7.54. The van der Waals surface area contributed by atoms with Crippen LogP contribution >= 0.6 is 0 Å². The zero-order valence-electron chi connectivity index (χ0n) is 8.83. The van der Waals surface area contributed by atoms with Crippen molar-refractivity contribution in [2.24, 2.45) is 5.92 Å². The second-order valence-corrected chi connectivity index (χ2v) is 3.40. The molecule has 0 aliphatic heterocycles. The molecule has 0 atom stereocenters. The molecule has 0 unspecified atom stereocenters. The van der Waals surface area contributed by atoms with Gasteiger partial charge < -0.3 is 5.11 Å². The van der Waals surface area contributed by atoms with E-state index < -0.39 is 0 Å². The molecule has 0 bridgehead atoms. The number of hydrogen-bond acceptors (Lipinski definition) is 1. The van der Waals surface area contributed by atoms with E-state index in [2.05, 4.69) is 44.2 Å². The normalized spacial score (nSPS) is 9.31. The zero-order valence-corrected chi connectivity index (χ0v) is 8.83. The minimum absolute atomic E-state index is 0.250. The van der Waals surface area contributed by atoms with E-state index in [1.807, 2.05) is 0 Å². The molecular formula is C12H20O. The lowest BCUT2D eigenvalue weighted by molar-refractivity contribution is 0.318. The van der Waals surface area contributed by atoms with E-state index in [0.717, 1.165) is 5.92 Å². The van der Waals surface area contributed by atoms with Gasteiger partial charge in [-0.3, -0.25) is 0 Å². The van der Waals surface area contributed by atoms with Crippen molar-refractivity contribution in [2.75, 3.05) is 6.61 Å². The highest BCUT2D eigenvalue weighted by Gasteiger charge is 1.94. The fourth-order valence-corrected chi connectivity index (χ4v) is 1.09. The zero-order chi connectivity index (χ0) is 10.1. The van der Waals surface area contributed by atoms with Gasteiger partial charge in [0.2, 0.25) is 0 Å². The molecule has 1 N–H and O–H groups in total. The van der Waals surface area contributed by atoms with Crippen LogP contribution in [-0.2, 0) is 6.42 Å². The summed E-state index contributed by atoms with van der Waals surface area (Å²) in [6, 6.07) is 10.6. The Labute approximate surface area is 81.4 Å². The van der Waals surface area contributed by atoms with Crippen LogP contribution in [0.3, 0.4) is 0 Å². The fraction of sp³-hybridized carbons (Fsp3) is 0.500. The van der Waals surface area contributed by atoms with E-state index in [1.54, 1.807) is 6.92 Å². The van der Waals surface area contributed by atoms with E-state index in [9.17, 15) is 0 Å². The summed E-state index contributed by atoms with van der Waals surface area (Å²) in [6.07, 6.45) is 1.20. The first-order valence-electron chi connectivity index (χ1n) is 4.85. The third-order valence-corrected chi connectivity index (χ3v) is 1.49. The summed E-state index contributed by atoms with van der Waals surface area (Å²) in [6.45, 7) is 6.42. The van der Waals surface area contributed by atoms with Gasteiger partial charge in [-0.15, -0.1) is 0 Å². The highest BCUT2D eigenvalue weighted by atomic mass is 16.2. The van der Waals surface area contributed by atoms with Crippen LogP contribution in [-0.4, -0.2) is 11.7 Å². The summed E-state index contributed by atoms with van der Waals surface area (Å²) in [7, 11) is 0. The van der Waals surface area contributed by atoms with Crippen molar-refractivity contribution in [1.29, 1.82) is 0 Å². The molecule has 13 heavy (non-hydrogen) atoms. The van der Waals surface area contributed by atoms with Gasteiger partial charge in [-0.2, -0.15) is 0 Å². The molecule has 0 spiro atoms. The van der Waals surface area contributed by atoms with E-state index in [-0.39, 0.29) is 6.61 Å². The second-order valence-electron chi connectivity index (χ2n) is 3.40. The van der Waals surface area contributed by atoms with Gasteiger partial charge >= 0.3 is 0 Å². The first-order chi connectivity index (χ1) is 6.20. The van der Waals surface area contributed by atoms with Gasteiger partial charge in [0.25, 0.3) is 0 Å². The molecule has 1 aromatic rings. The molecule has 0 amide bonds. The van der Waals surface area contributed by atoms with E-state index >= 15 is 0 Å². The van der Waals surface area contributed by atoms with E-state index in [4.69, 9.17) is 5.11 Å². The van der Waals surface area contributed by atoms with Gasteiger partial charge in [-0.1, -0.05) is 44.2 Å². The number of rotatable bonds is 2. The first-order valence-corrected chi connectivity index (χ1v) is 4.85. The van der Waals surface area contributed by atoms with Gasteiger partial charge in [-0.25, -0.2) is 0 Å². The molecule has 0 saturated carbocycles. The molecule has 0 radical (unpaired) electrons. The van der Waals surface area contributed by atoms with Gasteiger partial charge in [0.15, 0.2) is 0 Å². The second kappa shape index (κ2) is 7.81. The van der Waals surface area contributed by atoms with Crippen LogP contribution in [0.2, 0.25) is 0 Å². The number of benzene rings is 1. The lowest BCUT2D eigenvalue weighted by Gasteiger charge is -2.02. The lowest BCUT2D eigenvalue weighted by atomic mass is 10.0. The van der Waals surface area contributed by atoms with Crippen molar-refractivity contribution >= 4 is 0 Å². The van der Waals surface area contributed by atoms with Crippen LogP contribution in [0.25, 0.3) is 0 Å². The summed E-state index contributed by atoms with van der Waals surface area (Å²) in [5.74, 6) is 0.766. The van der Waals surface area contributed by atoms with Crippen LogP contribution in [0, 0.1) is 5.92 Å². The summed E-state index contributed by atoms with van der Waals surface area (Å²) in [4.78, 5) is 0. The Bertz CT molecular complexity index is 192. The van der Waals surface area contributed by atoms with Crippen LogP contribution in [0.5, 0.6) is 0 Å². The van der Waals surface area contributed by atoms with Crippen molar-refractivity contribution < 1.29 is 5.11 Å². The number of hydrogen-bond donors (Lipinski definition) is 1. The molecule has 0 aliphatic rings. The van der Waals surface area contributed by atoms with Crippen LogP contribution in [0.1, 0.15) is 26.3 Å². The molecule has 0 heterocycles. The summed E-state index contributed by atoms with van der Waals surface area (Å²) < 4.78 is 0. The maximum absolute atomic E-state index is 7.57. The Balaban J connectivity index is 0.000000424. The number of aliphatic hydroxyl groups excluding tert-OH is 1. The van der Waals surface area contributed by atoms with Gasteiger partial charge in [0.1, 0.15) is 0 Å². The summed E-state index contributed by atoms with van der Waals surface area (Å²) >= 11 is 0. The van der Waals surface area contributed by atoms with Crippen molar-refractivity contribution in [3.8, 4) is 0 Å². The van der Waals surface area contributed by atoms with E-state index in [1.165, 1.54) is 12.0 Å². The molecule has 0 saturated heterocycles. The van der Waals surface area contributed by atoms with Crippen molar-refractivity contribution in [1.82, 2.24) is 0 Å². The molecule has 74 valence electrons. The molecule has 1 rings (SSSR count). The largest absolute Gasteiger partial charge is 0.397 e. The molecular weight excluding hydrogens is 160 g/mol. The highest BCUT2D eigenvalue weighted by Crippen LogP contribution is 2.05. The summed E-state index contributed by atoms with van der Waals surface area (Å²) in [5.41, 5.74) is 1.44. The fourth-order valence-electron chi connectivity index (χ4n) is 1.09. The Morgan fingerprint density at radius 2 is 1.62 bits per heavy atom. The Morgan fingerprint density at radius 1 is 1.15 bits per heavy atom. The van der Waals surface area contributed by atoms with Gasteiger partial charge in [-0.05, 0) is 24.8 Å². The van der Waals surface area contributed by atoms with Crippen LogP contribution < -0.4 is 0 Å². The SMILES string of the molecule is CC(C)Cc1ccccc1.CCO. The average Bonchev–Trinajstić information content (AvgIpc) is 2.06. The molecule has 1 aromatic carbocycles. The Kier molecular flexibility index (Phi) is 7.32. The molecule has 0 fully saturated rings. The minimum atomic E-state index is 0.250. The van der Waals surface area contributed by atoms with E-state index in [0.29, 0.717) is 0 Å². The predicted octanol–water partition coefficient (Wildman–Crippen LogP) is 2.88. The standard InChI is InChI=1S/C10H14.C2H6O/c1-9(2)8-10-6-4-3-5-7-10;1-2-3/h3-7,9H,8H2,1-2H3;3H,2H2,1H3. The Hall–Kier alpha value is -0.820. The molecule has 0 aromatic heterocycles. The average molecular weight is 180 g/mol. The third-order valence-electron chi connectivity index (χ3n) is 1.49. The topological polar surface area (TPSA) is 20.2 Å². The van der Waals surface area contributed by atoms with Gasteiger partial charge in [0, 0.05) is 6.61 Å². The number of aliphatic hydroxyl groups is 1. The van der Waals surface area contributed by atoms with Crippen LogP contribution in [0.15, 0.2) is 30.3 Å². The van der Waals surface area contributed by atoms with Gasteiger partial charge in [0.05, 0.1) is 0 Å². The van der Waals surface area contributed by atoms with Crippen molar-refractivity contribution in [3.05, 3.63) is 35.9 Å².